The first-order valence-corrected chi connectivity index (χ1v) is 6.20. The quantitative estimate of drug-likeness (QED) is 0.866. The van der Waals surface area contributed by atoms with E-state index in [1.54, 1.807) is 16.7 Å². The molecular formula is C12H15NO2S. The lowest BCUT2D eigenvalue weighted by Gasteiger charge is -2.10. The number of aliphatic hydroxyl groups excluding tert-OH is 1. The zero-order valence-electron chi connectivity index (χ0n) is 9.22. The molecule has 86 valence electrons. The highest BCUT2D eigenvalue weighted by Crippen LogP contribution is 2.30. The van der Waals surface area contributed by atoms with E-state index in [1.165, 1.54) is 0 Å². The number of carbonyl (C=O) groups is 1. The van der Waals surface area contributed by atoms with E-state index in [0.717, 1.165) is 23.4 Å². The molecule has 1 aromatic carbocycles. The summed E-state index contributed by atoms with van der Waals surface area (Å²) in [5.41, 5.74) is 0.892. The first kappa shape index (κ1) is 11.5. The van der Waals surface area contributed by atoms with Gasteiger partial charge in [0.15, 0.2) is 0 Å². The number of likely N-dealkylation sites (tertiary alicyclic amines) is 1. The molecule has 1 amide bonds. The molecule has 2 rings (SSSR count). The van der Waals surface area contributed by atoms with E-state index in [2.05, 4.69) is 0 Å². The average molecular weight is 237 g/mol. The van der Waals surface area contributed by atoms with Gasteiger partial charge in [0.2, 0.25) is 5.91 Å². The molecule has 1 N–H and O–H groups in total. The fourth-order valence-electron chi connectivity index (χ4n) is 1.78. The van der Waals surface area contributed by atoms with Crippen LogP contribution in [0.1, 0.15) is 12.0 Å². The van der Waals surface area contributed by atoms with E-state index in [0.29, 0.717) is 0 Å². The molecule has 1 fully saturated rings. The number of nitrogens with zero attached hydrogens (tertiary/aromatic N) is 1. The molecule has 0 aliphatic carbocycles. The second kappa shape index (κ2) is 4.89. The summed E-state index contributed by atoms with van der Waals surface area (Å²) in [5, 5.41) is 9.07. The normalized spacial score (nSPS) is 20.5. The lowest BCUT2D eigenvalue weighted by Crippen LogP contribution is -2.23. The molecule has 0 bridgehead atoms. The topological polar surface area (TPSA) is 40.5 Å². The summed E-state index contributed by atoms with van der Waals surface area (Å²) in [6.45, 7) is 0.892. The van der Waals surface area contributed by atoms with Gasteiger partial charge in [-0.15, -0.1) is 11.8 Å². The van der Waals surface area contributed by atoms with Crippen LogP contribution in [0.15, 0.2) is 29.2 Å². The number of amides is 1. The first-order valence-electron chi connectivity index (χ1n) is 5.32. The highest BCUT2D eigenvalue weighted by Gasteiger charge is 2.29. The first-order chi connectivity index (χ1) is 7.70. The lowest BCUT2D eigenvalue weighted by molar-refractivity contribution is -0.126. The summed E-state index contributed by atoms with van der Waals surface area (Å²) in [7, 11) is 1.84. The third kappa shape index (κ3) is 2.39. The molecule has 1 aromatic rings. The number of rotatable bonds is 3. The van der Waals surface area contributed by atoms with Crippen molar-refractivity contribution in [2.75, 3.05) is 13.6 Å². The smallest absolute Gasteiger partial charge is 0.235 e. The van der Waals surface area contributed by atoms with Crippen molar-refractivity contribution in [2.24, 2.45) is 0 Å². The van der Waals surface area contributed by atoms with Crippen LogP contribution < -0.4 is 0 Å². The van der Waals surface area contributed by atoms with Gasteiger partial charge in [-0.25, -0.2) is 0 Å². The van der Waals surface area contributed by atoms with Gasteiger partial charge in [-0.1, -0.05) is 12.1 Å². The van der Waals surface area contributed by atoms with Crippen LogP contribution in [-0.4, -0.2) is 34.8 Å². The summed E-state index contributed by atoms with van der Waals surface area (Å²) < 4.78 is 0. The molecule has 0 radical (unpaired) electrons. The van der Waals surface area contributed by atoms with Crippen LogP contribution in [0.4, 0.5) is 0 Å². The van der Waals surface area contributed by atoms with E-state index in [-0.39, 0.29) is 17.8 Å². The largest absolute Gasteiger partial charge is 0.392 e. The van der Waals surface area contributed by atoms with Gasteiger partial charge in [0.25, 0.3) is 0 Å². The Labute approximate surface area is 99.5 Å². The van der Waals surface area contributed by atoms with Gasteiger partial charge >= 0.3 is 0 Å². The fourth-order valence-corrected chi connectivity index (χ4v) is 2.99. The summed E-state index contributed by atoms with van der Waals surface area (Å²) in [6.07, 6.45) is 0.906. The molecule has 1 aliphatic rings. The lowest BCUT2D eigenvalue weighted by atomic mass is 10.2. The Morgan fingerprint density at radius 2 is 2.38 bits per heavy atom. The zero-order chi connectivity index (χ0) is 11.5. The number of thioether (sulfide) groups is 1. The maximum absolute atomic E-state index is 11.7. The van der Waals surface area contributed by atoms with Crippen LogP contribution in [0.25, 0.3) is 0 Å². The van der Waals surface area contributed by atoms with Crippen LogP contribution >= 0.6 is 11.8 Å². The van der Waals surface area contributed by atoms with Crippen molar-refractivity contribution in [3.63, 3.8) is 0 Å². The second-order valence-corrected chi connectivity index (χ2v) is 5.24. The highest BCUT2D eigenvalue weighted by atomic mass is 32.2. The Balaban J connectivity index is 2.06. The number of benzene rings is 1. The number of aliphatic hydroxyl groups is 1. The summed E-state index contributed by atoms with van der Waals surface area (Å²) in [5.74, 6) is 0.208. The van der Waals surface area contributed by atoms with Crippen molar-refractivity contribution in [3.8, 4) is 0 Å². The molecule has 0 unspecified atom stereocenters. The van der Waals surface area contributed by atoms with E-state index >= 15 is 0 Å². The SMILES string of the molecule is CN1CC[C@H](Sc2cccc(CO)c2)C1=O. The Bertz CT molecular complexity index is 394. The van der Waals surface area contributed by atoms with Crippen molar-refractivity contribution in [3.05, 3.63) is 29.8 Å². The van der Waals surface area contributed by atoms with Crippen molar-refractivity contribution in [1.82, 2.24) is 4.90 Å². The van der Waals surface area contributed by atoms with E-state index in [4.69, 9.17) is 5.11 Å². The number of hydrogen-bond acceptors (Lipinski definition) is 3. The number of hydrogen-bond donors (Lipinski definition) is 1. The Hall–Kier alpha value is -1.00. The van der Waals surface area contributed by atoms with Crippen molar-refractivity contribution in [2.45, 2.75) is 23.2 Å². The van der Waals surface area contributed by atoms with Gasteiger partial charge in [-0.3, -0.25) is 4.79 Å². The molecular weight excluding hydrogens is 222 g/mol. The highest BCUT2D eigenvalue weighted by molar-refractivity contribution is 8.00. The Kier molecular flexibility index (Phi) is 3.51. The van der Waals surface area contributed by atoms with E-state index in [1.807, 2.05) is 31.3 Å². The minimum Gasteiger partial charge on any atom is -0.392 e. The second-order valence-electron chi connectivity index (χ2n) is 3.96. The van der Waals surface area contributed by atoms with E-state index < -0.39 is 0 Å². The Morgan fingerprint density at radius 1 is 1.56 bits per heavy atom. The molecule has 0 spiro atoms. The Morgan fingerprint density at radius 3 is 3.00 bits per heavy atom. The predicted octanol–water partition coefficient (Wildman–Crippen LogP) is 1.50. The van der Waals surface area contributed by atoms with Crippen molar-refractivity contribution < 1.29 is 9.90 Å². The van der Waals surface area contributed by atoms with Crippen LogP contribution in [0, 0.1) is 0 Å². The third-order valence-corrected chi connectivity index (χ3v) is 3.99. The summed E-state index contributed by atoms with van der Waals surface area (Å²) >= 11 is 1.59. The molecule has 0 aromatic heterocycles. The monoisotopic (exact) mass is 237 g/mol. The zero-order valence-corrected chi connectivity index (χ0v) is 10.0. The van der Waals surface area contributed by atoms with E-state index in [9.17, 15) is 4.79 Å². The van der Waals surface area contributed by atoms with Gasteiger partial charge in [0.1, 0.15) is 0 Å². The van der Waals surface area contributed by atoms with Crippen LogP contribution in [-0.2, 0) is 11.4 Å². The van der Waals surface area contributed by atoms with Crippen molar-refractivity contribution in [1.29, 1.82) is 0 Å². The van der Waals surface area contributed by atoms with Gasteiger partial charge in [0.05, 0.1) is 11.9 Å². The van der Waals surface area contributed by atoms with Crippen LogP contribution in [0.3, 0.4) is 0 Å². The molecule has 1 atom stereocenters. The standard InChI is InChI=1S/C12H15NO2S/c1-13-6-5-11(12(13)15)16-10-4-2-3-9(7-10)8-14/h2-4,7,11,14H,5-6,8H2,1H3/t11-/m0/s1. The van der Waals surface area contributed by atoms with Gasteiger partial charge in [-0.05, 0) is 24.1 Å². The molecule has 16 heavy (non-hydrogen) atoms. The molecule has 1 heterocycles. The number of carbonyl (C=O) groups excluding carboxylic acids is 1. The fraction of sp³-hybridized carbons (Fsp3) is 0.417. The minimum absolute atomic E-state index is 0.0407. The molecule has 0 saturated carbocycles. The summed E-state index contributed by atoms with van der Waals surface area (Å²) in [6, 6.07) is 7.72. The van der Waals surface area contributed by atoms with Gasteiger partial charge < -0.3 is 10.0 Å². The third-order valence-electron chi connectivity index (χ3n) is 2.74. The minimum atomic E-state index is 0.0407. The molecule has 4 heteroatoms. The molecule has 1 aliphatic heterocycles. The maximum Gasteiger partial charge on any atom is 0.235 e. The summed E-state index contributed by atoms with van der Waals surface area (Å²) in [4.78, 5) is 14.5. The average Bonchev–Trinajstić information content (AvgIpc) is 2.61. The maximum atomic E-state index is 11.7. The van der Waals surface area contributed by atoms with Crippen molar-refractivity contribution >= 4 is 17.7 Å². The van der Waals surface area contributed by atoms with Gasteiger partial charge in [0, 0.05) is 18.5 Å². The van der Waals surface area contributed by atoms with Crippen LogP contribution in [0.2, 0.25) is 0 Å². The molecule has 3 nitrogen and oxygen atoms in total. The van der Waals surface area contributed by atoms with Crippen LogP contribution in [0.5, 0.6) is 0 Å². The molecule has 1 saturated heterocycles. The van der Waals surface area contributed by atoms with Gasteiger partial charge in [-0.2, -0.15) is 0 Å². The predicted molar refractivity (Wildman–Crippen MR) is 64.3 cm³/mol.